The van der Waals surface area contributed by atoms with Crippen molar-refractivity contribution >= 4 is 10.2 Å². The largest absolute Gasteiger partial charge is 0.395 e. The molecule has 6 nitrogen and oxygen atoms in total. The molecular formula is C13H27N3O3S. The van der Waals surface area contributed by atoms with E-state index in [2.05, 4.69) is 16.7 Å². The number of likely N-dealkylation sites (tertiary alicyclic amines) is 1. The van der Waals surface area contributed by atoms with Gasteiger partial charge in [0.2, 0.25) is 0 Å². The van der Waals surface area contributed by atoms with Crippen LogP contribution in [0.2, 0.25) is 0 Å². The lowest BCUT2D eigenvalue weighted by Crippen LogP contribution is -2.51. The molecule has 2 aliphatic rings. The Balaban J connectivity index is 1.89. The van der Waals surface area contributed by atoms with Crippen LogP contribution < -0.4 is 4.72 Å². The third-order valence-electron chi connectivity index (χ3n) is 4.37. The van der Waals surface area contributed by atoms with E-state index in [0.717, 1.165) is 45.2 Å². The highest BCUT2D eigenvalue weighted by Crippen LogP contribution is 2.20. The zero-order valence-corrected chi connectivity index (χ0v) is 13.1. The van der Waals surface area contributed by atoms with Gasteiger partial charge in [-0.05, 0) is 45.2 Å². The molecule has 20 heavy (non-hydrogen) atoms. The second kappa shape index (κ2) is 7.17. The maximum absolute atomic E-state index is 12.4. The molecule has 2 atom stereocenters. The highest BCUT2D eigenvalue weighted by Gasteiger charge is 2.32. The molecule has 0 aliphatic carbocycles. The van der Waals surface area contributed by atoms with Gasteiger partial charge in [0, 0.05) is 25.7 Å². The lowest BCUT2D eigenvalue weighted by atomic mass is 9.99. The van der Waals surface area contributed by atoms with E-state index in [1.165, 1.54) is 4.31 Å². The van der Waals surface area contributed by atoms with Crippen molar-refractivity contribution in [3.8, 4) is 0 Å². The fourth-order valence-electron chi connectivity index (χ4n) is 3.22. The number of hydrogen-bond acceptors (Lipinski definition) is 4. The summed E-state index contributed by atoms with van der Waals surface area (Å²) in [5.74, 6) is 0.390. The summed E-state index contributed by atoms with van der Waals surface area (Å²) >= 11 is 0. The Morgan fingerprint density at radius 3 is 2.70 bits per heavy atom. The van der Waals surface area contributed by atoms with Crippen LogP contribution in [-0.2, 0) is 10.2 Å². The molecule has 0 saturated carbocycles. The fraction of sp³-hybridized carbons (Fsp3) is 1.00. The Bertz CT molecular complexity index is 402. The minimum atomic E-state index is -3.46. The smallest absolute Gasteiger partial charge is 0.279 e. The van der Waals surface area contributed by atoms with Gasteiger partial charge in [-0.2, -0.15) is 12.7 Å². The summed E-state index contributed by atoms with van der Waals surface area (Å²) in [7, 11) is -1.38. The Hall–Kier alpha value is -0.210. The van der Waals surface area contributed by atoms with Gasteiger partial charge in [0.05, 0.1) is 6.61 Å². The third kappa shape index (κ3) is 4.14. The topological polar surface area (TPSA) is 72.9 Å². The lowest BCUT2D eigenvalue weighted by Gasteiger charge is -2.35. The second-order valence-corrected chi connectivity index (χ2v) is 7.77. The van der Waals surface area contributed by atoms with Gasteiger partial charge in [-0.15, -0.1) is 0 Å². The predicted octanol–water partition coefficient (Wildman–Crippen LogP) is 0.00940. The van der Waals surface area contributed by atoms with Crippen molar-refractivity contribution in [1.29, 1.82) is 0 Å². The molecule has 2 fully saturated rings. The molecule has 2 saturated heterocycles. The van der Waals surface area contributed by atoms with Crippen LogP contribution in [-0.4, -0.2) is 68.6 Å². The molecule has 2 aliphatic heterocycles. The fourth-order valence-corrected chi connectivity index (χ4v) is 4.77. The number of hydrogen-bond donors (Lipinski definition) is 2. The van der Waals surface area contributed by atoms with E-state index < -0.39 is 10.2 Å². The van der Waals surface area contributed by atoms with Crippen LogP contribution >= 0.6 is 0 Å². The molecule has 0 radical (unpaired) electrons. The minimum absolute atomic E-state index is 0.0902. The Morgan fingerprint density at radius 2 is 2.00 bits per heavy atom. The van der Waals surface area contributed by atoms with Crippen molar-refractivity contribution in [3.05, 3.63) is 0 Å². The standard InChI is InChI=1S/C13H27N3O3S/c1-15-7-4-5-12(10-15)9-14-20(18,19)16-8-3-2-6-13(16)11-17/h12-14,17H,2-11H2,1H3. The minimum Gasteiger partial charge on any atom is -0.395 e. The molecule has 0 spiro atoms. The van der Waals surface area contributed by atoms with E-state index in [1.54, 1.807) is 0 Å². The van der Waals surface area contributed by atoms with Gasteiger partial charge in [0.25, 0.3) is 10.2 Å². The first kappa shape index (κ1) is 16.2. The summed E-state index contributed by atoms with van der Waals surface area (Å²) in [5.41, 5.74) is 0. The van der Waals surface area contributed by atoms with Crippen molar-refractivity contribution < 1.29 is 13.5 Å². The molecule has 118 valence electrons. The van der Waals surface area contributed by atoms with Crippen LogP contribution in [0, 0.1) is 5.92 Å². The normalized spacial score (nSPS) is 30.5. The Morgan fingerprint density at radius 1 is 1.20 bits per heavy atom. The highest BCUT2D eigenvalue weighted by atomic mass is 32.2. The summed E-state index contributed by atoms with van der Waals surface area (Å²) in [6, 6.07) is -0.254. The number of piperidine rings is 2. The number of nitrogens with one attached hydrogen (secondary N) is 1. The summed E-state index contributed by atoms with van der Waals surface area (Å²) in [4.78, 5) is 2.25. The van der Waals surface area contributed by atoms with Gasteiger partial charge in [-0.25, -0.2) is 4.72 Å². The van der Waals surface area contributed by atoms with Gasteiger partial charge < -0.3 is 10.0 Å². The van der Waals surface area contributed by atoms with Crippen LogP contribution in [0.4, 0.5) is 0 Å². The first-order valence-electron chi connectivity index (χ1n) is 7.59. The van der Waals surface area contributed by atoms with Gasteiger partial charge in [0.1, 0.15) is 0 Å². The molecule has 2 N–H and O–H groups in total. The summed E-state index contributed by atoms with van der Waals surface area (Å²) in [6.45, 7) is 2.98. The number of aliphatic hydroxyl groups is 1. The highest BCUT2D eigenvalue weighted by molar-refractivity contribution is 7.87. The summed E-state index contributed by atoms with van der Waals surface area (Å²) in [6.07, 6.45) is 4.83. The van der Waals surface area contributed by atoms with Crippen molar-refractivity contribution in [2.45, 2.75) is 38.1 Å². The number of nitrogens with zero attached hydrogens (tertiary/aromatic N) is 2. The van der Waals surface area contributed by atoms with Crippen molar-refractivity contribution in [2.24, 2.45) is 5.92 Å². The maximum atomic E-state index is 12.4. The van der Waals surface area contributed by atoms with Gasteiger partial charge in [-0.3, -0.25) is 0 Å². The Labute approximate surface area is 122 Å². The number of aliphatic hydroxyl groups excluding tert-OH is 1. The lowest BCUT2D eigenvalue weighted by molar-refractivity contribution is 0.153. The molecule has 7 heteroatoms. The van der Waals surface area contributed by atoms with Gasteiger partial charge in [0.15, 0.2) is 0 Å². The molecule has 2 rings (SSSR count). The SMILES string of the molecule is CN1CCCC(CNS(=O)(=O)N2CCCCC2CO)C1. The number of rotatable bonds is 5. The quantitative estimate of drug-likeness (QED) is 0.750. The first-order chi connectivity index (χ1) is 9.53. The molecule has 0 bridgehead atoms. The van der Waals surface area contributed by atoms with Crippen LogP contribution in [0.15, 0.2) is 0 Å². The van der Waals surface area contributed by atoms with Crippen LogP contribution in [0.1, 0.15) is 32.1 Å². The van der Waals surface area contributed by atoms with Crippen molar-refractivity contribution in [2.75, 3.05) is 39.8 Å². The van der Waals surface area contributed by atoms with Crippen molar-refractivity contribution in [1.82, 2.24) is 13.9 Å². The van der Waals surface area contributed by atoms with E-state index in [9.17, 15) is 13.5 Å². The average Bonchev–Trinajstić information content (AvgIpc) is 2.45. The van der Waals surface area contributed by atoms with E-state index in [-0.39, 0.29) is 12.6 Å². The zero-order valence-electron chi connectivity index (χ0n) is 12.3. The molecule has 2 unspecified atom stereocenters. The van der Waals surface area contributed by atoms with E-state index >= 15 is 0 Å². The van der Waals surface area contributed by atoms with Crippen LogP contribution in [0.5, 0.6) is 0 Å². The molecular weight excluding hydrogens is 278 g/mol. The first-order valence-corrected chi connectivity index (χ1v) is 9.03. The van der Waals surface area contributed by atoms with Crippen molar-refractivity contribution in [3.63, 3.8) is 0 Å². The van der Waals surface area contributed by atoms with E-state index in [4.69, 9.17) is 0 Å². The molecule has 0 aromatic rings. The summed E-state index contributed by atoms with van der Waals surface area (Å²) in [5, 5.41) is 9.34. The van der Waals surface area contributed by atoms with Gasteiger partial charge >= 0.3 is 0 Å². The average molecular weight is 305 g/mol. The van der Waals surface area contributed by atoms with Crippen LogP contribution in [0.25, 0.3) is 0 Å². The van der Waals surface area contributed by atoms with Crippen LogP contribution in [0.3, 0.4) is 0 Å². The second-order valence-electron chi connectivity index (χ2n) is 6.07. The summed E-state index contributed by atoms with van der Waals surface area (Å²) < 4.78 is 28.9. The molecule has 0 aromatic heterocycles. The Kier molecular flexibility index (Phi) is 5.80. The molecule has 2 heterocycles. The van der Waals surface area contributed by atoms with Gasteiger partial charge in [-0.1, -0.05) is 6.42 Å². The third-order valence-corrected chi connectivity index (χ3v) is 6.00. The van der Waals surface area contributed by atoms with E-state index in [0.29, 0.717) is 19.0 Å². The maximum Gasteiger partial charge on any atom is 0.279 e. The zero-order chi connectivity index (χ0) is 14.6. The monoisotopic (exact) mass is 305 g/mol. The van der Waals surface area contributed by atoms with E-state index in [1.807, 2.05) is 0 Å². The predicted molar refractivity (Wildman–Crippen MR) is 78.6 cm³/mol. The molecule has 0 aromatic carbocycles. The molecule has 0 amide bonds.